The van der Waals surface area contributed by atoms with Crippen molar-refractivity contribution in [2.24, 2.45) is 0 Å². The van der Waals surface area contributed by atoms with Crippen molar-refractivity contribution in [2.45, 2.75) is 45.4 Å². The van der Waals surface area contributed by atoms with Crippen LogP contribution in [-0.2, 0) is 22.4 Å². The van der Waals surface area contributed by atoms with Gasteiger partial charge in [0, 0.05) is 16.3 Å². The van der Waals surface area contributed by atoms with Crippen LogP contribution in [0.3, 0.4) is 0 Å². The summed E-state index contributed by atoms with van der Waals surface area (Å²) in [7, 11) is 0. The second-order valence-corrected chi connectivity index (χ2v) is 9.52. The molecule has 1 aliphatic carbocycles. The minimum atomic E-state index is -0.360. The molecule has 172 valence electrons. The van der Waals surface area contributed by atoms with E-state index < -0.39 is 0 Å². The van der Waals surface area contributed by atoms with Gasteiger partial charge in [-0.1, -0.05) is 23.2 Å². The Kier molecular flexibility index (Phi) is 9.16. The molecule has 0 radical (unpaired) electrons. The maximum absolute atomic E-state index is 12.5. The zero-order valence-electron chi connectivity index (χ0n) is 17.6. The van der Waals surface area contributed by atoms with Crippen LogP contribution in [-0.4, -0.2) is 30.2 Å². The Balaban J connectivity index is 1.51. The lowest BCUT2D eigenvalue weighted by molar-refractivity contribution is -0.119. The van der Waals surface area contributed by atoms with Crippen molar-refractivity contribution in [3.63, 3.8) is 0 Å². The normalized spacial score (nSPS) is 12.6. The number of benzene rings is 1. The van der Waals surface area contributed by atoms with Crippen LogP contribution in [0.15, 0.2) is 18.2 Å². The summed E-state index contributed by atoms with van der Waals surface area (Å²) in [6.07, 6.45) is 4.62. The van der Waals surface area contributed by atoms with Crippen molar-refractivity contribution in [3.05, 3.63) is 44.2 Å². The standard InChI is InChI=1S/C22H24Cl2N2O4S2/c1-2-29-21(28)19-14-6-3-4-7-17(14)32-20(19)26-22(31)25-18(27)8-5-11-30-16-10-9-13(23)12-15(16)24/h9-10,12H,2-8,11H2,1H3,(H2,25,26,27,31). The van der Waals surface area contributed by atoms with Crippen LogP contribution in [0.25, 0.3) is 0 Å². The zero-order chi connectivity index (χ0) is 23.1. The maximum Gasteiger partial charge on any atom is 0.341 e. The number of nitrogens with one attached hydrogen (secondary N) is 2. The van der Waals surface area contributed by atoms with Crippen molar-refractivity contribution >= 4 is 68.7 Å². The molecule has 1 amide bonds. The molecule has 0 fully saturated rings. The van der Waals surface area contributed by atoms with Crippen LogP contribution in [0.2, 0.25) is 10.0 Å². The average molecular weight is 515 g/mol. The number of esters is 1. The number of ether oxygens (including phenoxy) is 2. The minimum Gasteiger partial charge on any atom is -0.492 e. The Hall–Kier alpha value is -1.87. The summed E-state index contributed by atoms with van der Waals surface area (Å²) in [5.41, 5.74) is 1.57. The molecule has 0 saturated carbocycles. The fourth-order valence-electron chi connectivity index (χ4n) is 3.40. The van der Waals surface area contributed by atoms with E-state index in [1.165, 1.54) is 16.2 Å². The van der Waals surface area contributed by atoms with E-state index in [4.69, 9.17) is 44.9 Å². The molecule has 32 heavy (non-hydrogen) atoms. The molecule has 0 bridgehead atoms. The maximum atomic E-state index is 12.5. The smallest absolute Gasteiger partial charge is 0.341 e. The molecule has 0 aliphatic heterocycles. The highest BCUT2D eigenvalue weighted by atomic mass is 35.5. The molecular weight excluding hydrogens is 491 g/mol. The van der Waals surface area contributed by atoms with Crippen molar-refractivity contribution in [1.29, 1.82) is 0 Å². The average Bonchev–Trinajstić information content (AvgIpc) is 3.10. The summed E-state index contributed by atoms with van der Waals surface area (Å²) < 4.78 is 10.8. The van der Waals surface area contributed by atoms with Crippen LogP contribution in [0.5, 0.6) is 5.75 Å². The highest BCUT2D eigenvalue weighted by Gasteiger charge is 2.27. The molecule has 1 heterocycles. The first kappa shape index (κ1) is 24.8. The van der Waals surface area contributed by atoms with Crippen LogP contribution >= 0.6 is 46.8 Å². The molecule has 1 aliphatic rings. The quantitative estimate of drug-likeness (QED) is 0.264. The molecular formula is C22H24Cl2N2O4S2. The molecule has 6 nitrogen and oxygen atoms in total. The van der Waals surface area contributed by atoms with E-state index in [1.54, 1.807) is 25.1 Å². The van der Waals surface area contributed by atoms with Crippen molar-refractivity contribution in [2.75, 3.05) is 18.5 Å². The summed E-state index contributed by atoms with van der Waals surface area (Å²) in [6, 6.07) is 4.97. The van der Waals surface area contributed by atoms with Crippen LogP contribution in [0.1, 0.15) is 53.4 Å². The van der Waals surface area contributed by atoms with E-state index in [2.05, 4.69) is 10.6 Å². The first-order valence-corrected chi connectivity index (χ1v) is 12.4. The van der Waals surface area contributed by atoms with Gasteiger partial charge in [-0.05, 0) is 75.0 Å². The molecule has 0 spiro atoms. The molecule has 0 saturated heterocycles. The van der Waals surface area contributed by atoms with E-state index in [0.29, 0.717) is 46.0 Å². The van der Waals surface area contributed by atoms with Gasteiger partial charge in [0.15, 0.2) is 5.11 Å². The number of aryl methyl sites for hydroxylation is 1. The number of thiophene rings is 1. The first-order chi connectivity index (χ1) is 15.4. The third kappa shape index (κ3) is 6.57. The number of fused-ring (bicyclic) bond motifs is 1. The van der Waals surface area contributed by atoms with Crippen molar-refractivity contribution < 1.29 is 19.1 Å². The second kappa shape index (κ2) is 11.8. The van der Waals surface area contributed by atoms with E-state index >= 15 is 0 Å². The number of halogens is 2. The Morgan fingerprint density at radius 1 is 1.22 bits per heavy atom. The molecule has 2 N–H and O–H groups in total. The van der Waals surface area contributed by atoms with Gasteiger partial charge in [-0.2, -0.15) is 0 Å². The fraction of sp³-hybridized carbons (Fsp3) is 0.409. The monoisotopic (exact) mass is 514 g/mol. The van der Waals surface area contributed by atoms with Gasteiger partial charge in [0.25, 0.3) is 0 Å². The van der Waals surface area contributed by atoms with Crippen molar-refractivity contribution in [1.82, 2.24) is 5.32 Å². The number of thiocarbonyl (C=S) groups is 1. The summed E-state index contributed by atoms with van der Waals surface area (Å²) >= 11 is 18.7. The van der Waals surface area contributed by atoms with Gasteiger partial charge < -0.3 is 20.1 Å². The fourth-order valence-corrected chi connectivity index (χ4v) is 5.43. The Morgan fingerprint density at radius 2 is 2.00 bits per heavy atom. The van der Waals surface area contributed by atoms with Gasteiger partial charge in [0.1, 0.15) is 10.8 Å². The number of amides is 1. The van der Waals surface area contributed by atoms with E-state index in [9.17, 15) is 9.59 Å². The van der Waals surface area contributed by atoms with Gasteiger partial charge in [-0.15, -0.1) is 11.3 Å². The SMILES string of the molecule is CCOC(=O)c1c(NC(=S)NC(=O)CCCOc2ccc(Cl)cc2Cl)sc2c1CCCC2. The number of hydrogen-bond acceptors (Lipinski definition) is 6. The lowest BCUT2D eigenvalue weighted by Gasteiger charge is -2.13. The van der Waals surface area contributed by atoms with E-state index in [0.717, 1.165) is 31.2 Å². The van der Waals surface area contributed by atoms with Crippen LogP contribution in [0.4, 0.5) is 5.00 Å². The predicted octanol–water partition coefficient (Wildman–Crippen LogP) is 5.78. The number of hydrogen-bond donors (Lipinski definition) is 2. The third-order valence-electron chi connectivity index (χ3n) is 4.83. The van der Waals surface area contributed by atoms with Gasteiger partial charge >= 0.3 is 5.97 Å². The van der Waals surface area contributed by atoms with Crippen LogP contribution in [0, 0.1) is 0 Å². The lowest BCUT2D eigenvalue weighted by Crippen LogP contribution is -2.34. The summed E-state index contributed by atoms with van der Waals surface area (Å²) in [6.45, 7) is 2.40. The minimum absolute atomic E-state index is 0.154. The first-order valence-electron chi connectivity index (χ1n) is 10.4. The number of carbonyl (C=O) groups is 2. The molecule has 10 heteroatoms. The number of rotatable bonds is 8. The zero-order valence-corrected chi connectivity index (χ0v) is 20.7. The van der Waals surface area contributed by atoms with Gasteiger partial charge in [-0.25, -0.2) is 4.79 Å². The van der Waals surface area contributed by atoms with E-state index in [-0.39, 0.29) is 23.4 Å². The third-order valence-corrected chi connectivity index (χ3v) is 6.77. The largest absolute Gasteiger partial charge is 0.492 e. The highest BCUT2D eigenvalue weighted by molar-refractivity contribution is 7.80. The number of anilines is 1. The van der Waals surface area contributed by atoms with E-state index in [1.807, 2.05) is 0 Å². The Labute approximate surface area is 206 Å². The van der Waals surface area contributed by atoms with Crippen molar-refractivity contribution in [3.8, 4) is 5.75 Å². The van der Waals surface area contributed by atoms with Gasteiger partial charge in [0.2, 0.25) is 5.91 Å². The summed E-state index contributed by atoms with van der Waals surface area (Å²) in [5, 5.41) is 7.41. The van der Waals surface area contributed by atoms with Gasteiger partial charge in [-0.3, -0.25) is 4.79 Å². The van der Waals surface area contributed by atoms with Crippen LogP contribution < -0.4 is 15.4 Å². The molecule has 1 aromatic carbocycles. The second-order valence-electron chi connectivity index (χ2n) is 7.16. The van der Waals surface area contributed by atoms with Gasteiger partial charge in [0.05, 0.1) is 23.8 Å². The highest BCUT2D eigenvalue weighted by Crippen LogP contribution is 2.38. The molecule has 0 unspecified atom stereocenters. The molecule has 3 rings (SSSR count). The Morgan fingerprint density at radius 3 is 2.75 bits per heavy atom. The lowest BCUT2D eigenvalue weighted by atomic mass is 9.95. The number of carbonyl (C=O) groups excluding carboxylic acids is 2. The Bertz CT molecular complexity index is 1010. The molecule has 1 aromatic heterocycles. The molecule has 0 atom stereocenters. The topological polar surface area (TPSA) is 76.7 Å². The predicted molar refractivity (Wildman–Crippen MR) is 132 cm³/mol. The summed E-state index contributed by atoms with van der Waals surface area (Å²) in [5.74, 6) is -0.0873. The molecule has 2 aromatic rings. The summed E-state index contributed by atoms with van der Waals surface area (Å²) in [4.78, 5) is 26.0.